The topological polar surface area (TPSA) is 54.1 Å². The monoisotopic (exact) mass is 206 g/mol. The number of aromatic nitrogens is 1. The zero-order chi connectivity index (χ0) is 10.5. The van der Waals surface area contributed by atoms with E-state index in [2.05, 4.69) is 17.2 Å². The van der Waals surface area contributed by atoms with E-state index in [4.69, 9.17) is 4.74 Å². The molecule has 0 bridgehead atoms. The minimum atomic E-state index is -0.108. The molecule has 0 amide bonds. The number of aromatic amines is 1. The molecular formula is C11H14N2O2. The maximum absolute atomic E-state index is 11.2. The van der Waals surface area contributed by atoms with Crippen LogP contribution in [0.15, 0.2) is 17.1 Å². The van der Waals surface area contributed by atoms with Crippen molar-refractivity contribution >= 4 is 0 Å². The van der Waals surface area contributed by atoms with Crippen molar-refractivity contribution in [3.8, 4) is 5.75 Å². The molecule has 3 heterocycles. The standard InChI is InChI=1S/C11H14N2O2/c1-7-3-11(6-13-7)4-8-2-10(14)12-5-9(8)15-11/h2,5,7,13H,3-4,6H2,1H3,(H,12,14). The van der Waals surface area contributed by atoms with E-state index in [-0.39, 0.29) is 11.2 Å². The second kappa shape index (κ2) is 2.85. The van der Waals surface area contributed by atoms with Gasteiger partial charge < -0.3 is 15.0 Å². The van der Waals surface area contributed by atoms with Gasteiger partial charge in [-0.05, 0) is 6.92 Å². The summed E-state index contributed by atoms with van der Waals surface area (Å²) in [6.07, 6.45) is 3.54. The van der Waals surface area contributed by atoms with Crippen LogP contribution in [0.4, 0.5) is 0 Å². The third-order valence-corrected chi connectivity index (χ3v) is 3.26. The molecule has 1 fully saturated rings. The van der Waals surface area contributed by atoms with Gasteiger partial charge in [-0.25, -0.2) is 0 Å². The first-order valence-electron chi connectivity index (χ1n) is 5.31. The first-order chi connectivity index (χ1) is 7.17. The van der Waals surface area contributed by atoms with Gasteiger partial charge in [0.2, 0.25) is 5.56 Å². The van der Waals surface area contributed by atoms with E-state index in [0.29, 0.717) is 6.04 Å². The molecule has 0 saturated carbocycles. The number of hydrogen-bond acceptors (Lipinski definition) is 3. The smallest absolute Gasteiger partial charge is 0.248 e. The molecule has 15 heavy (non-hydrogen) atoms. The predicted octanol–water partition coefficient (Wildman–Crippen LogP) is 0.430. The fourth-order valence-electron chi connectivity index (χ4n) is 2.63. The Kier molecular flexibility index (Phi) is 1.71. The number of pyridine rings is 1. The molecule has 1 aromatic heterocycles. The predicted molar refractivity (Wildman–Crippen MR) is 56.2 cm³/mol. The third kappa shape index (κ3) is 1.36. The van der Waals surface area contributed by atoms with E-state index in [1.165, 1.54) is 0 Å². The molecule has 2 atom stereocenters. The molecule has 0 aliphatic carbocycles. The van der Waals surface area contributed by atoms with Crippen LogP contribution in [0.5, 0.6) is 5.75 Å². The Bertz CT molecular complexity index is 454. The fourth-order valence-corrected chi connectivity index (χ4v) is 2.63. The SMILES string of the molecule is CC1CC2(CN1)Cc1cc(=O)[nH]cc1O2. The van der Waals surface area contributed by atoms with Crippen LogP contribution >= 0.6 is 0 Å². The van der Waals surface area contributed by atoms with Gasteiger partial charge in [0.15, 0.2) is 0 Å². The summed E-state index contributed by atoms with van der Waals surface area (Å²) in [7, 11) is 0. The summed E-state index contributed by atoms with van der Waals surface area (Å²) in [6.45, 7) is 3.03. The Morgan fingerprint density at radius 2 is 2.47 bits per heavy atom. The number of ether oxygens (including phenoxy) is 1. The van der Waals surface area contributed by atoms with Crippen molar-refractivity contribution in [1.29, 1.82) is 0 Å². The number of H-pyrrole nitrogens is 1. The largest absolute Gasteiger partial charge is 0.484 e. The lowest BCUT2D eigenvalue weighted by Gasteiger charge is -2.21. The summed E-state index contributed by atoms with van der Waals surface area (Å²) in [4.78, 5) is 13.8. The average molecular weight is 206 g/mol. The zero-order valence-electron chi connectivity index (χ0n) is 8.67. The van der Waals surface area contributed by atoms with Crippen LogP contribution in [-0.2, 0) is 6.42 Å². The van der Waals surface area contributed by atoms with E-state index >= 15 is 0 Å². The Hall–Kier alpha value is -1.29. The second-order valence-electron chi connectivity index (χ2n) is 4.63. The highest BCUT2D eigenvalue weighted by atomic mass is 16.5. The minimum Gasteiger partial charge on any atom is -0.484 e. The molecule has 4 nitrogen and oxygen atoms in total. The molecule has 2 N–H and O–H groups in total. The quantitative estimate of drug-likeness (QED) is 0.647. The zero-order valence-corrected chi connectivity index (χ0v) is 8.67. The van der Waals surface area contributed by atoms with Gasteiger partial charge in [0.25, 0.3) is 0 Å². The Morgan fingerprint density at radius 1 is 1.60 bits per heavy atom. The lowest BCUT2D eigenvalue weighted by atomic mass is 9.95. The van der Waals surface area contributed by atoms with Gasteiger partial charge in [-0.2, -0.15) is 0 Å². The van der Waals surface area contributed by atoms with E-state index in [0.717, 1.165) is 30.7 Å². The maximum Gasteiger partial charge on any atom is 0.248 e. The van der Waals surface area contributed by atoms with Crippen LogP contribution < -0.4 is 15.6 Å². The maximum atomic E-state index is 11.2. The van der Waals surface area contributed by atoms with Gasteiger partial charge in [0.05, 0.1) is 0 Å². The van der Waals surface area contributed by atoms with Gasteiger partial charge in [-0.3, -0.25) is 4.79 Å². The first-order valence-corrected chi connectivity index (χ1v) is 5.31. The van der Waals surface area contributed by atoms with E-state index in [1.54, 1.807) is 12.3 Å². The Balaban J connectivity index is 1.95. The highest BCUT2D eigenvalue weighted by Crippen LogP contribution is 2.38. The van der Waals surface area contributed by atoms with E-state index < -0.39 is 0 Å². The van der Waals surface area contributed by atoms with Crippen molar-refractivity contribution in [2.45, 2.75) is 31.4 Å². The van der Waals surface area contributed by atoms with Crippen molar-refractivity contribution in [2.75, 3.05) is 6.54 Å². The van der Waals surface area contributed by atoms with E-state index in [1.807, 2.05) is 0 Å². The molecule has 1 saturated heterocycles. The first kappa shape index (κ1) is 8.97. The molecule has 0 aromatic carbocycles. The molecule has 2 unspecified atom stereocenters. The van der Waals surface area contributed by atoms with Crippen LogP contribution in [0.2, 0.25) is 0 Å². The molecule has 80 valence electrons. The Labute approximate surface area is 87.7 Å². The van der Waals surface area contributed by atoms with Gasteiger partial charge in [-0.15, -0.1) is 0 Å². The van der Waals surface area contributed by atoms with Gasteiger partial charge in [-0.1, -0.05) is 0 Å². The van der Waals surface area contributed by atoms with Gasteiger partial charge in [0.1, 0.15) is 11.4 Å². The van der Waals surface area contributed by atoms with Crippen LogP contribution in [0.3, 0.4) is 0 Å². The molecule has 2 aliphatic rings. The number of hydrogen-bond donors (Lipinski definition) is 2. The van der Waals surface area contributed by atoms with Crippen LogP contribution in [0.25, 0.3) is 0 Å². The lowest BCUT2D eigenvalue weighted by molar-refractivity contribution is 0.115. The number of nitrogens with one attached hydrogen (secondary N) is 2. The summed E-state index contributed by atoms with van der Waals surface area (Å²) in [6, 6.07) is 2.14. The highest BCUT2D eigenvalue weighted by molar-refractivity contribution is 5.37. The average Bonchev–Trinajstić information content (AvgIpc) is 2.69. The summed E-state index contributed by atoms with van der Waals surface area (Å²) < 4.78 is 5.95. The summed E-state index contributed by atoms with van der Waals surface area (Å²) in [5.74, 6) is 0.838. The minimum absolute atomic E-state index is 0.0478. The lowest BCUT2D eigenvalue weighted by Crippen LogP contribution is -2.36. The molecular weight excluding hydrogens is 192 g/mol. The van der Waals surface area contributed by atoms with Crippen molar-refractivity contribution in [1.82, 2.24) is 10.3 Å². The normalized spacial score (nSPS) is 33.0. The fraction of sp³-hybridized carbons (Fsp3) is 0.545. The molecule has 0 radical (unpaired) electrons. The highest BCUT2D eigenvalue weighted by Gasteiger charge is 2.44. The molecule has 4 heteroatoms. The van der Waals surface area contributed by atoms with Crippen molar-refractivity contribution in [2.24, 2.45) is 0 Å². The van der Waals surface area contributed by atoms with Crippen LogP contribution in [0.1, 0.15) is 18.9 Å². The molecule has 3 rings (SSSR count). The van der Waals surface area contributed by atoms with Crippen LogP contribution in [0, 0.1) is 0 Å². The summed E-state index contributed by atoms with van der Waals surface area (Å²) in [5, 5.41) is 3.39. The van der Waals surface area contributed by atoms with Gasteiger partial charge >= 0.3 is 0 Å². The van der Waals surface area contributed by atoms with Crippen molar-refractivity contribution in [3.63, 3.8) is 0 Å². The van der Waals surface area contributed by atoms with Gasteiger partial charge in [0, 0.05) is 43.3 Å². The van der Waals surface area contributed by atoms with Crippen LogP contribution in [-0.4, -0.2) is 23.2 Å². The molecule has 1 spiro atoms. The van der Waals surface area contributed by atoms with E-state index in [9.17, 15) is 4.79 Å². The molecule has 1 aromatic rings. The van der Waals surface area contributed by atoms with Crippen molar-refractivity contribution < 1.29 is 4.74 Å². The Morgan fingerprint density at radius 3 is 3.20 bits per heavy atom. The van der Waals surface area contributed by atoms with Crippen molar-refractivity contribution in [3.05, 3.63) is 28.2 Å². The third-order valence-electron chi connectivity index (χ3n) is 3.26. The second-order valence-corrected chi connectivity index (χ2v) is 4.63. The number of rotatable bonds is 0. The number of fused-ring (bicyclic) bond motifs is 1. The summed E-state index contributed by atoms with van der Waals surface area (Å²) in [5.41, 5.74) is 0.881. The molecule has 2 aliphatic heterocycles. The summed E-state index contributed by atoms with van der Waals surface area (Å²) >= 11 is 0.